The molecule has 14 heavy (non-hydrogen) atoms. The van der Waals surface area contributed by atoms with Gasteiger partial charge in [0.25, 0.3) is 0 Å². The fourth-order valence-corrected chi connectivity index (χ4v) is 1.65. The summed E-state index contributed by atoms with van der Waals surface area (Å²) in [6, 6.07) is 6.46. The average Bonchev–Trinajstić information content (AvgIpc) is 2.15. The van der Waals surface area contributed by atoms with Gasteiger partial charge in [-0.25, -0.2) is 0 Å². The number of rotatable bonds is 3. The third-order valence-corrected chi connectivity index (χ3v) is 3.10. The first-order valence-corrected chi connectivity index (χ1v) is 5.48. The molecule has 1 atom stereocenters. The van der Waals surface area contributed by atoms with E-state index in [1.807, 2.05) is 0 Å². The standard InChI is InChI=1S/C9H11FO3S/c1-7(14(10,11)12)8-5-3-4-6-9(8)13-2/h3-7H,1-2H3. The van der Waals surface area contributed by atoms with Gasteiger partial charge in [0, 0.05) is 5.56 Å². The molecule has 0 bridgehead atoms. The number of halogens is 1. The second-order valence-electron chi connectivity index (χ2n) is 2.86. The molecule has 1 aromatic rings. The summed E-state index contributed by atoms with van der Waals surface area (Å²) in [6.45, 7) is 1.28. The predicted molar refractivity (Wildman–Crippen MR) is 51.4 cm³/mol. The maximum atomic E-state index is 12.7. The van der Waals surface area contributed by atoms with Gasteiger partial charge in [0.2, 0.25) is 0 Å². The molecule has 0 amide bonds. The molecular weight excluding hydrogens is 207 g/mol. The number of para-hydroxylation sites is 1. The molecule has 0 radical (unpaired) electrons. The lowest BCUT2D eigenvalue weighted by molar-refractivity contribution is 0.408. The van der Waals surface area contributed by atoms with Crippen LogP contribution in [0.15, 0.2) is 24.3 Å². The minimum Gasteiger partial charge on any atom is -0.496 e. The highest BCUT2D eigenvalue weighted by atomic mass is 32.3. The van der Waals surface area contributed by atoms with E-state index in [1.54, 1.807) is 18.2 Å². The van der Waals surface area contributed by atoms with Crippen LogP contribution in [-0.2, 0) is 10.2 Å². The minimum atomic E-state index is -4.57. The van der Waals surface area contributed by atoms with E-state index in [-0.39, 0.29) is 0 Å². The summed E-state index contributed by atoms with van der Waals surface area (Å²) >= 11 is 0. The van der Waals surface area contributed by atoms with Crippen LogP contribution in [-0.4, -0.2) is 15.5 Å². The van der Waals surface area contributed by atoms with E-state index in [0.717, 1.165) is 0 Å². The highest BCUT2D eigenvalue weighted by Gasteiger charge is 2.24. The predicted octanol–water partition coefficient (Wildman–Crippen LogP) is 2.06. The third kappa shape index (κ3) is 2.23. The largest absolute Gasteiger partial charge is 0.496 e. The van der Waals surface area contributed by atoms with Gasteiger partial charge in [-0.1, -0.05) is 18.2 Å². The lowest BCUT2D eigenvalue weighted by Crippen LogP contribution is -2.05. The van der Waals surface area contributed by atoms with E-state index >= 15 is 0 Å². The zero-order chi connectivity index (χ0) is 10.8. The fraction of sp³-hybridized carbons (Fsp3) is 0.333. The van der Waals surface area contributed by atoms with Crippen molar-refractivity contribution >= 4 is 10.2 Å². The first-order chi connectivity index (χ1) is 6.46. The summed E-state index contributed by atoms with van der Waals surface area (Å²) < 4.78 is 39.0. The molecule has 1 aromatic carbocycles. The molecule has 0 saturated heterocycles. The Morgan fingerprint density at radius 1 is 1.36 bits per heavy atom. The summed E-state index contributed by atoms with van der Waals surface area (Å²) in [5.74, 6) is 0.376. The molecule has 0 aliphatic heterocycles. The molecule has 0 heterocycles. The van der Waals surface area contributed by atoms with Crippen molar-refractivity contribution < 1.29 is 17.0 Å². The Bertz CT molecular complexity index is 414. The van der Waals surface area contributed by atoms with Crippen LogP contribution in [0.1, 0.15) is 17.7 Å². The first-order valence-electron chi connectivity index (χ1n) is 4.03. The molecule has 3 nitrogen and oxygen atoms in total. The number of methoxy groups -OCH3 is 1. The Kier molecular flexibility index (Phi) is 3.10. The molecule has 0 aliphatic rings. The van der Waals surface area contributed by atoms with Crippen molar-refractivity contribution in [3.8, 4) is 5.75 Å². The van der Waals surface area contributed by atoms with Gasteiger partial charge in [-0.3, -0.25) is 0 Å². The average molecular weight is 218 g/mol. The Labute approximate surface area is 82.7 Å². The topological polar surface area (TPSA) is 43.4 Å². The van der Waals surface area contributed by atoms with Crippen molar-refractivity contribution in [2.75, 3.05) is 7.11 Å². The van der Waals surface area contributed by atoms with E-state index in [9.17, 15) is 12.3 Å². The molecule has 0 aromatic heterocycles. The van der Waals surface area contributed by atoms with Gasteiger partial charge < -0.3 is 4.74 Å². The number of ether oxygens (including phenoxy) is 1. The van der Waals surface area contributed by atoms with Crippen molar-refractivity contribution in [3.05, 3.63) is 29.8 Å². The minimum absolute atomic E-state index is 0.331. The summed E-state index contributed by atoms with van der Waals surface area (Å²) in [6.07, 6.45) is 0. The van der Waals surface area contributed by atoms with Gasteiger partial charge in [-0.05, 0) is 13.0 Å². The smallest absolute Gasteiger partial charge is 0.309 e. The van der Waals surface area contributed by atoms with Crippen LogP contribution < -0.4 is 4.74 Å². The van der Waals surface area contributed by atoms with Crippen molar-refractivity contribution in [1.29, 1.82) is 0 Å². The van der Waals surface area contributed by atoms with Crippen LogP contribution in [0.3, 0.4) is 0 Å². The summed E-state index contributed by atoms with van der Waals surface area (Å²) in [5.41, 5.74) is 0.331. The highest BCUT2D eigenvalue weighted by Crippen LogP contribution is 2.30. The third-order valence-electron chi connectivity index (χ3n) is 2.00. The Morgan fingerprint density at radius 2 is 1.93 bits per heavy atom. The monoisotopic (exact) mass is 218 g/mol. The van der Waals surface area contributed by atoms with Crippen LogP contribution in [0.2, 0.25) is 0 Å². The quantitative estimate of drug-likeness (QED) is 0.729. The molecule has 5 heteroatoms. The Balaban J connectivity index is 3.19. The van der Waals surface area contributed by atoms with E-state index < -0.39 is 15.5 Å². The zero-order valence-electron chi connectivity index (χ0n) is 7.90. The molecule has 0 spiro atoms. The number of hydrogen-bond acceptors (Lipinski definition) is 3. The lowest BCUT2D eigenvalue weighted by atomic mass is 10.1. The molecular formula is C9H11FO3S. The van der Waals surface area contributed by atoms with Crippen LogP contribution in [0.5, 0.6) is 5.75 Å². The van der Waals surface area contributed by atoms with Gasteiger partial charge in [0.1, 0.15) is 11.0 Å². The van der Waals surface area contributed by atoms with Crippen LogP contribution in [0.25, 0.3) is 0 Å². The molecule has 0 N–H and O–H groups in total. The molecule has 78 valence electrons. The maximum Gasteiger partial charge on any atom is 0.309 e. The van der Waals surface area contributed by atoms with Gasteiger partial charge >= 0.3 is 10.2 Å². The second kappa shape index (κ2) is 3.96. The summed E-state index contributed by atoms with van der Waals surface area (Å²) in [4.78, 5) is 0. The number of hydrogen-bond donors (Lipinski definition) is 0. The Morgan fingerprint density at radius 3 is 2.43 bits per heavy atom. The van der Waals surface area contributed by atoms with Gasteiger partial charge in [0.15, 0.2) is 0 Å². The molecule has 1 unspecified atom stereocenters. The number of benzene rings is 1. The van der Waals surface area contributed by atoms with E-state index in [2.05, 4.69) is 0 Å². The molecule has 0 aliphatic carbocycles. The van der Waals surface area contributed by atoms with Crippen molar-refractivity contribution in [1.82, 2.24) is 0 Å². The second-order valence-corrected chi connectivity index (χ2v) is 4.52. The SMILES string of the molecule is COc1ccccc1C(C)S(=O)(=O)F. The fourth-order valence-electron chi connectivity index (χ4n) is 1.15. The Hall–Kier alpha value is -1.10. The van der Waals surface area contributed by atoms with E-state index in [0.29, 0.717) is 11.3 Å². The van der Waals surface area contributed by atoms with Crippen LogP contribution in [0, 0.1) is 0 Å². The molecule has 0 saturated carbocycles. The van der Waals surface area contributed by atoms with Gasteiger partial charge in [0.05, 0.1) is 7.11 Å². The van der Waals surface area contributed by atoms with Crippen LogP contribution in [0.4, 0.5) is 3.89 Å². The maximum absolute atomic E-state index is 12.7. The first kappa shape index (κ1) is 11.0. The van der Waals surface area contributed by atoms with Gasteiger partial charge in [-0.2, -0.15) is 8.42 Å². The molecule has 0 fully saturated rings. The highest BCUT2D eigenvalue weighted by molar-refractivity contribution is 7.86. The molecule has 1 rings (SSSR count). The van der Waals surface area contributed by atoms with Gasteiger partial charge in [-0.15, -0.1) is 3.89 Å². The summed E-state index contributed by atoms with van der Waals surface area (Å²) in [7, 11) is -3.16. The van der Waals surface area contributed by atoms with Crippen molar-refractivity contribution in [2.45, 2.75) is 12.2 Å². The lowest BCUT2D eigenvalue weighted by Gasteiger charge is -2.11. The summed E-state index contributed by atoms with van der Waals surface area (Å²) in [5, 5.41) is -1.20. The van der Waals surface area contributed by atoms with Crippen molar-refractivity contribution in [3.63, 3.8) is 0 Å². The zero-order valence-corrected chi connectivity index (χ0v) is 8.71. The normalized spacial score (nSPS) is 13.6. The van der Waals surface area contributed by atoms with Crippen LogP contribution >= 0.6 is 0 Å². The van der Waals surface area contributed by atoms with E-state index in [1.165, 1.54) is 20.1 Å². The van der Waals surface area contributed by atoms with E-state index in [4.69, 9.17) is 4.74 Å². The van der Waals surface area contributed by atoms with Crippen molar-refractivity contribution in [2.24, 2.45) is 0 Å².